The maximum absolute atomic E-state index is 12.0. The van der Waals surface area contributed by atoms with Gasteiger partial charge in [-0.3, -0.25) is 4.98 Å². The number of alkyl halides is 2. The molecule has 1 aromatic rings. The summed E-state index contributed by atoms with van der Waals surface area (Å²) in [6, 6.07) is 3.16. The summed E-state index contributed by atoms with van der Waals surface area (Å²) in [5, 5.41) is 0. The predicted molar refractivity (Wildman–Crippen MR) is 39.3 cm³/mol. The topological polar surface area (TPSA) is 12.9 Å². The van der Waals surface area contributed by atoms with Gasteiger partial charge in [-0.1, -0.05) is 12.6 Å². The van der Waals surface area contributed by atoms with Crippen LogP contribution in [-0.4, -0.2) is 11.4 Å². The molecule has 0 unspecified atom stereocenters. The fourth-order valence-electron chi connectivity index (χ4n) is 0.679. The smallest absolute Gasteiger partial charge is 0.263 e. The molecule has 1 aromatic heterocycles. The maximum atomic E-state index is 12.0. The molecule has 0 bridgehead atoms. The average molecular weight is 155 g/mol. The highest BCUT2D eigenvalue weighted by Crippen LogP contribution is 2.17. The molecule has 0 spiro atoms. The normalized spacial score (nSPS) is 10.1. The van der Waals surface area contributed by atoms with Gasteiger partial charge in [0.2, 0.25) is 0 Å². The predicted octanol–water partition coefficient (Wildman–Crippen LogP) is 2.36. The van der Waals surface area contributed by atoms with E-state index in [2.05, 4.69) is 11.6 Å². The Hall–Kier alpha value is -1.25. The molecule has 0 amide bonds. The second-order valence-electron chi connectivity index (χ2n) is 2.07. The third-order valence-corrected chi connectivity index (χ3v) is 1.30. The molecule has 0 fully saturated rings. The van der Waals surface area contributed by atoms with Gasteiger partial charge >= 0.3 is 0 Å². The first-order chi connectivity index (χ1) is 5.22. The lowest BCUT2D eigenvalue weighted by Gasteiger charge is -2.01. The fraction of sp³-hybridized carbons (Fsp3) is 0.125. The molecule has 11 heavy (non-hydrogen) atoms. The van der Waals surface area contributed by atoms with Crippen LogP contribution in [0.3, 0.4) is 0 Å². The van der Waals surface area contributed by atoms with Gasteiger partial charge in [-0.15, -0.1) is 0 Å². The van der Waals surface area contributed by atoms with Gasteiger partial charge in [0, 0.05) is 23.5 Å². The summed E-state index contributed by atoms with van der Waals surface area (Å²) in [7, 11) is 0. The number of pyridine rings is 1. The minimum absolute atomic E-state index is 0.182. The number of hydrogen-bond acceptors (Lipinski definition) is 1. The van der Waals surface area contributed by atoms with Gasteiger partial charge in [0.1, 0.15) is 0 Å². The van der Waals surface area contributed by atoms with Crippen molar-refractivity contribution in [2.45, 2.75) is 6.43 Å². The van der Waals surface area contributed by atoms with Crippen molar-refractivity contribution < 1.29 is 8.78 Å². The van der Waals surface area contributed by atoms with Crippen LogP contribution in [0.5, 0.6) is 0 Å². The zero-order valence-electron chi connectivity index (χ0n) is 5.80. The second kappa shape index (κ2) is 3.23. The molecule has 0 saturated carbocycles. The van der Waals surface area contributed by atoms with E-state index in [1.54, 1.807) is 12.1 Å². The molecule has 0 aliphatic rings. The second-order valence-corrected chi connectivity index (χ2v) is 2.07. The van der Waals surface area contributed by atoms with Crippen molar-refractivity contribution in [1.82, 2.24) is 4.98 Å². The van der Waals surface area contributed by atoms with Crippen LogP contribution in [0, 0.1) is 0 Å². The lowest BCUT2D eigenvalue weighted by molar-refractivity contribution is 0.215. The van der Waals surface area contributed by atoms with E-state index in [1.165, 1.54) is 12.4 Å². The van der Waals surface area contributed by atoms with Gasteiger partial charge in [-0.25, -0.2) is 8.78 Å². The van der Waals surface area contributed by atoms with Crippen LogP contribution in [0.25, 0.3) is 5.57 Å². The van der Waals surface area contributed by atoms with E-state index in [0.29, 0.717) is 5.56 Å². The van der Waals surface area contributed by atoms with E-state index in [9.17, 15) is 8.78 Å². The summed E-state index contributed by atoms with van der Waals surface area (Å²) < 4.78 is 24.0. The maximum Gasteiger partial charge on any atom is 0.263 e. The van der Waals surface area contributed by atoms with Gasteiger partial charge in [-0.05, 0) is 6.07 Å². The summed E-state index contributed by atoms with van der Waals surface area (Å²) >= 11 is 0. The SMILES string of the molecule is C=C(c1cccnc1)C(F)F. The van der Waals surface area contributed by atoms with Crippen LogP contribution in [0.1, 0.15) is 5.56 Å². The minimum atomic E-state index is -2.50. The number of halogens is 2. The Balaban J connectivity index is 2.86. The van der Waals surface area contributed by atoms with Crippen molar-refractivity contribution >= 4 is 5.57 Å². The minimum Gasteiger partial charge on any atom is -0.264 e. The number of aromatic nitrogens is 1. The number of hydrogen-bond donors (Lipinski definition) is 0. The van der Waals surface area contributed by atoms with Crippen LogP contribution >= 0.6 is 0 Å². The molecule has 0 saturated heterocycles. The summed E-state index contributed by atoms with van der Waals surface area (Å²) in [5.41, 5.74) is 0.209. The Morgan fingerprint density at radius 3 is 2.73 bits per heavy atom. The Morgan fingerprint density at radius 2 is 2.27 bits per heavy atom. The molecule has 1 nitrogen and oxygen atoms in total. The lowest BCUT2D eigenvalue weighted by Crippen LogP contribution is -1.94. The Labute approximate surface area is 63.4 Å². The van der Waals surface area contributed by atoms with Crippen LogP contribution in [-0.2, 0) is 0 Å². The first kappa shape index (κ1) is 7.85. The molecule has 1 heterocycles. The van der Waals surface area contributed by atoms with Crippen molar-refractivity contribution in [3.63, 3.8) is 0 Å². The summed E-state index contributed by atoms with van der Waals surface area (Å²) in [6.45, 7) is 3.23. The van der Waals surface area contributed by atoms with Gasteiger partial charge in [0.25, 0.3) is 6.43 Å². The van der Waals surface area contributed by atoms with Gasteiger partial charge < -0.3 is 0 Å². The molecule has 0 aromatic carbocycles. The van der Waals surface area contributed by atoms with Crippen molar-refractivity contribution in [2.75, 3.05) is 0 Å². The average Bonchev–Trinajstić information content (AvgIpc) is 2.05. The first-order valence-electron chi connectivity index (χ1n) is 3.09. The lowest BCUT2D eigenvalue weighted by atomic mass is 10.1. The largest absolute Gasteiger partial charge is 0.264 e. The number of rotatable bonds is 2. The third kappa shape index (κ3) is 1.83. The summed E-state index contributed by atoms with van der Waals surface area (Å²) in [4.78, 5) is 3.69. The van der Waals surface area contributed by atoms with Gasteiger partial charge in [0.05, 0.1) is 0 Å². The zero-order chi connectivity index (χ0) is 8.27. The van der Waals surface area contributed by atoms with E-state index in [0.717, 1.165) is 0 Å². The highest BCUT2D eigenvalue weighted by atomic mass is 19.3. The van der Waals surface area contributed by atoms with E-state index in [-0.39, 0.29) is 5.57 Å². The van der Waals surface area contributed by atoms with Gasteiger partial charge in [-0.2, -0.15) is 0 Å². The van der Waals surface area contributed by atoms with E-state index < -0.39 is 6.43 Å². The molecule has 0 N–H and O–H groups in total. The Bertz CT molecular complexity index is 244. The monoisotopic (exact) mass is 155 g/mol. The van der Waals surface area contributed by atoms with Crippen molar-refractivity contribution in [3.8, 4) is 0 Å². The van der Waals surface area contributed by atoms with Gasteiger partial charge in [0.15, 0.2) is 0 Å². The third-order valence-electron chi connectivity index (χ3n) is 1.30. The van der Waals surface area contributed by atoms with Crippen LogP contribution in [0.2, 0.25) is 0 Å². The molecule has 58 valence electrons. The van der Waals surface area contributed by atoms with E-state index in [1.807, 2.05) is 0 Å². The highest BCUT2D eigenvalue weighted by Gasteiger charge is 2.09. The molecular weight excluding hydrogens is 148 g/mol. The molecule has 0 aliphatic carbocycles. The molecule has 0 atom stereocenters. The van der Waals surface area contributed by atoms with E-state index in [4.69, 9.17) is 0 Å². The highest BCUT2D eigenvalue weighted by molar-refractivity contribution is 5.64. The quantitative estimate of drug-likeness (QED) is 0.638. The van der Waals surface area contributed by atoms with Crippen molar-refractivity contribution in [2.24, 2.45) is 0 Å². The molecule has 1 rings (SSSR count). The Morgan fingerprint density at radius 1 is 1.55 bits per heavy atom. The Kier molecular flexibility index (Phi) is 2.31. The first-order valence-corrected chi connectivity index (χ1v) is 3.09. The molecule has 0 radical (unpaired) electrons. The van der Waals surface area contributed by atoms with Crippen LogP contribution in [0.15, 0.2) is 31.1 Å². The molecule has 0 aliphatic heterocycles. The fourth-order valence-corrected chi connectivity index (χ4v) is 0.679. The van der Waals surface area contributed by atoms with Crippen molar-refractivity contribution in [1.29, 1.82) is 0 Å². The number of allylic oxidation sites excluding steroid dienone is 1. The van der Waals surface area contributed by atoms with Crippen LogP contribution in [0.4, 0.5) is 8.78 Å². The zero-order valence-corrected chi connectivity index (χ0v) is 5.80. The van der Waals surface area contributed by atoms with Crippen LogP contribution < -0.4 is 0 Å². The molecular formula is C8H7F2N. The molecule has 3 heteroatoms. The summed E-state index contributed by atoms with van der Waals surface area (Å²) in [5.74, 6) is 0. The van der Waals surface area contributed by atoms with Crippen molar-refractivity contribution in [3.05, 3.63) is 36.7 Å². The van der Waals surface area contributed by atoms with E-state index >= 15 is 0 Å². The summed E-state index contributed by atoms with van der Waals surface area (Å²) in [6.07, 6.45) is 0.399. The standard InChI is InChI=1S/C8H7F2N/c1-6(8(9)10)7-3-2-4-11-5-7/h2-5,8H,1H2. The number of nitrogens with zero attached hydrogens (tertiary/aromatic N) is 1.